The van der Waals surface area contributed by atoms with Gasteiger partial charge in [-0.15, -0.1) is 0 Å². The Hall–Kier alpha value is -4.68. The molecule has 1 aliphatic heterocycles. The van der Waals surface area contributed by atoms with E-state index in [2.05, 4.69) is 20.2 Å². The molecular formula is C46H74N10O11. The first kappa shape index (κ1) is 54.9. The van der Waals surface area contributed by atoms with Crippen LogP contribution in [-0.2, 0) is 53.9 Å². The van der Waals surface area contributed by atoms with E-state index in [1.165, 1.54) is 6.33 Å². The molecule has 1 aliphatic rings. The molecule has 5 N–H and O–H groups in total. The minimum absolute atomic E-state index is 0.00886. The highest BCUT2D eigenvalue weighted by atomic mass is 16.6. The van der Waals surface area contributed by atoms with Crippen molar-refractivity contribution >= 4 is 40.3 Å². The number of likely N-dealkylation sites (tertiary alicyclic amines) is 1. The lowest BCUT2D eigenvalue weighted by Gasteiger charge is -2.32. The molecule has 4 rings (SSSR count). The van der Waals surface area contributed by atoms with E-state index < -0.39 is 5.91 Å². The van der Waals surface area contributed by atoms with Crippen LogP contribution in [0.25, 0.3) is 11.0 Å². The quantitative estimate of drug-likeness (QED) is 0.0570. The van der Waals surface area contributed by atoms with Gasteiger partial charge in [-0.05, 0) is 56.5 Å². The second kappa shape index (κ2) is 31.4. The maximum Gasteiger partial charge on any atom is 0.277 e. The molecule has 0 saturated carbocycles. The number of nitrogens with zero attached hydrogens (tertiary/aromatic N) is 7. The molecule has 3 aromatic rings. The Bertz CT molecular complexity index is 1970. The van der Waals surface area contributed by atoms with Gasteiger partial charge in [0.1, 0.15) is 12.1 Å². The first-order valence-corrected chi connectivity index (χ1v) is 23.1. The van der Waals surface area contributed by atoms with Gasteiger partial charge in [-0.25, -0.2) is 14.6 Å². The fourth-order valence-electron chi connectivity index (χ4n) is 6.95. The van der Waals surface area contributed by atoms with Crippen molar-refractivity contribution < 1.29 is 52.3 Å². The molecular weight excluding hydrogens is 869 g/mol. The van der Waals surface area contributed by atoms with Crippen molar-refractivity contribution in [1.82, 2.24) is 34.4 Å². The van der Waals surface area contributed by atoms with Gasteiger partial charge in [-0.2, -0.15) is 5.10 Å². The molecule has 67 heavy (non-hydrogen) atoms. The van der Waals surface area contributed by atoms with Crippen LogP contribution in [0.4, 0.5) is 11.5 Å². The van der Waals surface area contributed by atoms with Crippen molar-refractivity contribution in [3.05, 3.63) is 53.0 Å². The lowest BCUT2D eigenvalue weighted by molar-refractivity contribution is -0.128. The smallest absolute Gasteiger partial charge is 0.277 e. The van der Waals surface area contributed by atoms with Crippen LogP contribution in [-0.4, -0.2) is 212 Å². The predicted molar refractivity (Wildman–Crippen MR) is 253 cm³/mol. The Morgan fingerprint density at radius 1 is 0.776 bits per heavy atom. The number of nitrogens with one attached hydrogen (secondary N) is 1. The lowest BCUT2D eigenvalue weighted by atomic mass is 9.98. The fourth-order valence-corrected chi connectivity index (χ4v) is 6.95. The van der Waals surface area contributed by atoms with E-state index in [9.17, 15) is 14.4 Å². The molecule has 0 spiro atoms. The number of ether oxygens (including phenoxy) is 8. The number of likely N-dealkylation sites (N-methyl/N-ethyl adjacent to an activating group) is 2. The SMILES string of the molecule is Cc1c(CC(=O)N(C)C)ccc(NC(=O)c2nn([C@@H]3CCCN(C(=O)/C=C/CN(C)CCOCCOCCOCCOCCOCCOCCOCCOCCN)C3)c3ncnc(N)c23)c1C. The van der Waals surface area contributed by atoms with Gasteiger partial charge in [-0.3, -0.25) is 14.4 Å². The topological polar surface area (TPSA) is 242 Å². The molecule has 0 aliphatic carbocycles. The summed E-state index contributed by atoms with van der Waals surface area (Å²) in [5, 5.41) is 8.08. The third-order valence-electron chi connectivity index (χ3n) is 10.9. The Morgan fingerprint density at radius 3 is 1.88 bits per heavy atom. The number of aromatic nitrogens is 4. The number of fused-ring (bicyclic) bond motifs is 1. The van der Waals surface area contributed by atoms with Crippen LogP contribution < -0.4 is 16.8 Å². The van der Waals surface area contributed by atoms with E-state index in [4.69, 9.17) is 54.5 Å². The van der Waals surface area contributed by atoms with Crippen molar-refractivity contribution in [3.8, 4) is 0 Å². The Morgan fingerprint density at radius 2 is 1.33 bits per heavy atom. The minimum Gasteiger partial charge on any atom is -0.383 e. The molecule has 3 heterocycles. The summed E-state index contributed by atoms with van der Waals surface area (Å²) in [5.41, 5.74) is 15.4. The van der Waals surface area contributed by atoms with Crippen molar-refractivity contribution in [2.45, 2.75) is 39.2 Å². The largest absolute Gasteiger partial charge is 0.383 e. The second-order valence-electron chi connectivity index (χ2n) is 16.1. The second-order valence-corrected chi connectivity index (χ2v) is 16.1. The number of nitrogen functional groups attached to an aromatic ring is 1. The zero-order valence-electron chi connectivity index (χ0n) is 40.2. The van der Waals surface area contributed by atoms with Gasteiger partial charge < -0.3 is 69.4 Å². The molecule has 1 saturated heterocycles. The zero-order chi connectivity index (χ0) is 48.2. The molecule has 1 fully saturated rings. The maximum atomic E-state index is 13.8. The number of benzene rings is 1. The number of anilines is 2. The van der Waals surface area contributed by atoms with Crippen LogP contribution in [0.3, 0.4) is 0 Å². The van der Waals surface area contributed by atoms with Gasteiger partial charge in [-0.1, -0.05) is 12.1 Å². The molecule has 0 radical (unpaired) electrons. The minimum atomic E-state index is -0.462. The van der Waals surface area contributed by atoms with Crippen LogP contribution in [0.5, 0.6) is 0 Å². The number of rotatable bonds is 34. The zero-order valence-corrected chi connectivity index (χ0v) is 40.2. The molecule has 21 heteroatoms. The molecule has 1 atom stereocenters. The molecule has 3 amide bonds. The molecule has 2 aromatic heterocycles. The number of carbonyl (C=O) groups is 3. The summed E-state index contributed by atoms with van der Waals surface area (Å²) in [6, 6.07) is 3.41. The predicted octanol–water partition coefficient (Wildman–Crippen LogP) is 1.65. The summed E-state index contributed by atoms with van der Waals surface area (Å²) in [6.07, 6.45) is 6.55. The summed E-state index contributed by atoms with van der Waals surface area (Å²) in [4.78, 5) is 53.5. The summed E-state index contributed by atoms with van der Waals surface area (Å²) in [7, 11) is 5.41. The number of hydrogen-bond donors (Lipinski definition) is 3. The summed E-state index contributed by atoms with van der Waals surface area (Å²) in [6.45, 7) is 14.6. The van der Waals surface area contributed by atoms with Crippen molar-refractivity contribution in [2.24, 2.45) is 5.73 Å². The maximum absolute atomic E-state index is 13.8. The first-order valence-electron chi connectivity index (χ1n) is 23.1. The van der Waals surface area contributed by atoms with Crippen molar-refractivity contribution in [1.29, 1.82) is 0 Å². The van der Waals surface area contributed by atoms with Gasteiger partial charge in [0.25, 0.3) is 5.91 Å². The highest BCUT2D eigenvalue weighted by Crippen LogP contribution is 2.30. The average molecular weight is 943 g/mol. The van der Waals surface area contributed by atoms with Crippen LogP contribution in [0.2, 0.25) is 0 Å². The van der Waals surface area contributed by atoms with Gasteiger partial charge in [0.2, 0.25) is 11.8 Å². The van der Waals surface area contributed by atoms with E-state index in [0.29, 0.717) is 155 Å². The number of carbonyl (C=O) groups excluding carboxylic acids is 3. The highest BCUT2D eigenvalue weighted by molar-refractivity contribution is 6.13. The van der Waals surface area contributed by atoms with E-state index in [1.807, 2.05) is 33.0 Å². The molecule has 0 bridgehead atoms. The molecule has 374 valence electrons. The fraction of sp³-hybridized carbons (Fsp3) is 0.652. The third-order valence-corrected chi connectivity index (χ3v) is 10.9. The van der Waals surface area contributed by atoms with Gasteiger partial charge >= 0.3 is 0 Å². The average Bonchev–Trinajstić information content (AvgIpc) is 3.72. The van der Waals surface area contributed by atoms with Crippen LogP contribution in [0.1, 0.15) is 46.1 Å². The Balaban J connectivity index is 1.06. The molecule has 21 nitrogen and oxygen atoms in total. The van der Waals surface area contributed by atoms with Crippen LogP contribution in [0.15, 0.2) is 30.6 Å². The lowest BCUT2D eigenvalue weighted by Crippen LogP contribution is -2.40. The number of nitrogens with two attached hydrogens (primary N) is 2. The Kier molecular flexibility index (Phi) is 25.7. The third kappa shape index (κ3) is 19.5. The van der Waals surface area contributed by atoms with E-state index >= 15 is 0 Å². The van der Waals surface area contributed by atoms with Gasteiger partial charge in [0.05, 0.1) is 124 Å². The summed E-state index contributed by atoms with van der Waals surface area (Å²) >= 11 is 0. The highest BCUT2D eigenvalue weighted by Gasteiger charge is 2.30. The van der Waals surface area contributed by atoms with E-state index in [-0.39, 0.29) is 35.8 Å². The van der Waals surface area contributed by atoms with Crippen molar-refractivity contribution in [2.75, 3.05) is 171 Å². The van der Waals surface area contributed by atoms with E-state index in [1.54, 1.807) is 40.7 Å². The molecule has 0 unspecified atom stereocenters. The van der Waals surface area contributed by atoms with Gasteiger partial charge in [0, 0.05) is 58.6 Å². The number of hydrogen-bond acceptors (Lipinski definition) is 17. The standard InChI is InChI=1S/C46H74N10O11/c1-35-36(2)39(11-10-37(35)32-41(58)53(3)4)51-46(59)43-42-44(48)49-34-50-45(42)56(52-43)38-8-6-14-55(33-38)40(57)9-7-13-54(5)15-17-61-19-21-63-23-25-65-27-29-67-31-30-66-28-26-64-24-22-62-20-18-60-16-12-47/h7,9-11,34,38H,6,8,12-33,47H2,1-5H3,(H,51,59)(H2,48,49,50)/b9-7+/t38-/m1/s1. The summed E-state index contributed by atoms with van der Waals surface area (Å²) in [5.74, 6) is -0.434. The van der Waals surface area contributed by atoms with Gasteiger partial charge in [0.15, 0.2) is 11.3 Å². The molecule has 1 aromatic carbocycles. The Labute approximate surface area is 394 Å². The summed E-state index contributed by atoms with van der Waals surface area (Å²) < 4.78 is 45.6. The van der Waals surface area contributed by atoms with Crippen LogP contribution >= 0.6 is 0 Å². The normalized spacial score (nSPS) is 14.2. The first-order chi connectivity index (χ1) is 32.5. The number of amides is 3. The van der Waals surface area contributed by atoms with E-state index in [0.717, 1.165) is 29.5 Å². The van der Waals surface area contributed by atoms with Crippen LogP contribution in [0, 0.1) is 13.8 Å². The monoisotopic (exact) mass is 943 g/mol. The van der Waals surface area contributed by atoms with Crippen molar-refractivity contribution in [3.63, 3.8) is 0 Å². The number of piperidine rings is 1.